The highest BCUT2D eigenvalue weighted by Crippen LogP contribution is 2.23. The van der Waals surface area contributed by atoms with E-state index in [0.29, 0.717) is 17.6 Å². The van der Waals surface area contributed by atoms with E-state index < -0.39 is 0 Å². The monoisotopic (exact) mass is 216 g/mol. The minimum absolute atomic E-state index is 0.0894. The van der Waals surface area contributed by atoms with Gasteiger partial charge in [0.05, 0.1) is 0 Å². The summed E-state index contributed by atoms with van der Waals surface area (Å²) >= 11 is 0. The van der Waals surface area contributed by atoms with Gasteiger partial charge in [-0.2, -0.15) is 0 Å². The number of benzene rings is 1. The fourth-order valence-electron chi connectivity index (χ4n) is 1.76. The van der Waals surface area contributed by atoms with Gasteiger partial charge in [-0.15, -0.1) is 6.58 Å². The fourth-order valence-corrected chi connectivity index (χ4v) is 1.76. The molecule has 0 aliphatic rings. The molecule has 0 radical (unpaired) electrons. The van der Waals surface area contributed by atoms with Gasteiger partial charge in [-0.3, -0.25) is 0 Å². The lowest BCUT2D eigenvalue weighted by atomic mass is 10.0. The molecule has 2 aromatic rings. The highest BCUT2D eigenvalue weighted by molar-refractivity contribution is 5.82. The van der Waals surface area contributed by atoms with E-state index in [-0.39, 0.29) is 11.4 Å². The van der Waals surface area contributed by atoms with Gasteiger partial charge < -0.3 is 9.52 Å². The Labute approximate surface area is 92.6 Å². The minimum atomic E-state index is -0.365. The normalized spacial score (nSPS) is 10.6. The first-order chi connectivity index (χ1) is 7.63. The van der Waals surface area contributed by atoms with Gasteiger partial charge >= 0.3 is 5.63 Å². The van der Waals surface area contributed by atoms with Gasteiger partial charge in [0.25, 0.3) is 0 Å². The maximum Gasteiger partial charge on any atom is 0.340 e. The van der Waals surface area contributed by atoms with Crippen molar-refractivity contribution in [2.24, 2.45) is 0 Å². The summed E-state index contributed by atoms with van der Waals surface area (Å²) < 4.78 is 5.14. The van der Waals surface area contributed by atoms with Crippen molar-refractivity contribution >= 4 is 11.0 Å². The van der Waals surface area contributed by atoms with Crippen molar-refractivity contribution in [2.75, 3.05) is 0 Å². The molecule has 1 aromatic carbocycles. The van der Waals surface area contributed by atoms with Gasteiger partial charge in [-0.1, -0.05) is 6.08 Å². The lowest BCUT2D eigenvalue weighted by Gasteiger charge is -2.05. The van der Waals surface area contributed by atoms with Crippen LogP contribution in [0.5, 0.6) is 5.75 Å². The van der Waals surface area contributed by atoms with Gasteiger partial charge in [0.15, 0.2) is 0 Å². The molecule has 3 nitrogen and oxygen atoms in total. The summed E-state index contributed by atoms with van der Waals surface area (Å²) in [6.07, 6.45) is 2.16. The predicted octanol–water partition coefficient (Wildman–Crippen LogP) is 2.54. The second-order valence-electron chi connectivity index (χ2n) is 3.67. The summed E-state index contributed by atoms with van der Waals surface area (Å²) in [5.41, 5.74) is 1.55. The fraction of sp³-hybridized carbons (Fsp3) is 0.154. The van der Waals surface area contributed by atoms with Gasteiger partial charge in [0, 0.05) is 17.0 Å². The van der Waals surface area contributed by atoms with E-state index >= 15 is 0 Å². The molecule has 1 N–H and O–H groups in total. The van der Waals surface area contributed by atoms with E-state index in [9.17, 15) is 9.90 Å². The number of phenols is 1. The number of aryl methyl sites for hydroxylation is 1. The number of hydrogen-bond donors (Lipinski definition) is 1. The molecule has 3 heteroatoms. The Bertz CT molecular complexity index is 608. The van der Waals surface area contributed by atoms with Crippen LogP contribution in [0.25, 0.3) is 11.0 Å². The third kappa shape index (κ3) is 1.60. The van der Waals surface area contributed by atoms with Crippen LogP contribution in [0.1, 0.15) is 11.1 Å². The maximum absolute atomic E-state index is 11.7. The second-order valence-corrected chi connectivity index (χ2v) is 3.67. The van der Waals surface area contributed by atoms with Crippen LogP contribution >= 0.6 is 0 Å². The standard InChI is InChI=1S/C13H12O3/c1-3-4-11-8(2)10-6-5-9(14)7-12(10)16-13(11)15/h3,5-7,14H,1,4H2,2H3. The molecule has 16 heavy (non-hydrogen) atoms. The summed E-state index contributed by atoms with van der Waals surface area (Å²) in [6.45, 7) is 5.48. The number of aromatic hydroxyl groups is 1. The summed E-state index contributed by atoms with van der Waals surface area (Å²) in [6, 6.07) is 4.77. The Balaban J connectivity index is 2.83. The zero-order valence-electron chi connectivity index (χ0n) is 8.99. The lowest BCUT2D eigenvalue weighted by Crippen LogP contribution is -2.09. The van der Waals surface area contributed by atoms with Crippen LogP contribution in [-0.2, 0) is 6.42 Å². The van der Waals surface area contributed by atoms with Crippen LogP contribution in [0.3, 0.4) is 0 Å². The smallest absolute Gasteiger partial charge is 0.340 e. The molecule has 0 amide bonds. The van der Waals surface area contributed by atoms with E-state index in [1.807, 2.05) is 6.92 Å². The summed E-state index contributed by atoms with van der Waals surface area (Å²) in [7, 11) is 0. The molecule has 1 heterocycles. The van der Waals surface area contributed by atoms with Crippen molar-refractivity contribution in [1.29, 1.82) is 0 Å². The molecule has 1 aromatic heterocycles. The molecule has 82 valence electrons. The minimum Gasteiger partial charge on any atom is -0.508 e. The quantitative estimate of drug-likeness (QED) is 0.620. The lowest BCUT2D eigenvalue weighted by molar-refractivity contribution is 0.472. The van der Waals surface area contributed by atoms with Crippen molar-refractivity contribution in [2.45, 2.75) is 13.3 Å². The van der Waals surface area contributed by atoms with Crippen molar-refractivity contribution in [3.63, 3.8) is 0 Å². The Morgan fingerprint density at radius 1 is 1.50 bits per heavy atom. The molecule has 0 aliphatic carbocycles. The molecule has 0 fully saturated rings. The van der Waals surface area contributed by atoms with Crippen molar-refractivity contribution in [1.82, 2.24) is 0 Å². The summed E-state index contributed by atoms with van der Waals surface area (Å²) in [5.74, 6) is 0.0894. The van der Waals surface area contributed by atoms with Gasteiger partial charge in [0.1, 0.15) is 11.3 Å². The number of hydrogen-bond acceptors (Lipinski definition) is 3. The molecule has 0 aliphatic heterocycles. The van der Waals surface area contributed by atoms with Crippen LogP contribution in [0.2, 0.25) is 0 Å². The number of phenolic OH excluding ortho intramolecular Hbond substituents is 1. The van der Waals surface area contributed by atoms with E-state index in [0.717, 1.165) is 10.9 Å². The molecule has 0 saturated heterocycles. The molecule has 2 rings (SSSR count). The summed E-state index contributed by atoms with van der Waals surface area (Å²) in [4.78, 5) is 11.7. The van der Waals surface area contributed by atoms with Gasteiger partial charge in [0.2, 0.25) is 0 Å². The molecular weight excluding hydrogens is 204 g/mol. The van der Waals surface area contributed by atoms with Crippen molar-refractivity contribution in [3.8, 4) is 5.75 Å². The Morgan fingerprint density at radius 2 is 2.25 bits per heavy atom. The molecule has 0 unspecified atom stereocenters. The molecule has 0 atom stereocenters. The number of fused-ring (bicyclic) bond motifs is 1. The highest BCUT2D eigenvalue weighted by Gasteiger charge is 2.10. The predicted molar refractivity (Wildman–Crippen MR) is 62.8 cm³/mol. The molecular formula is C13H12O3. The average molecular weight is 216 g/mol. The van der Waals surface area contributed by atoms with Crippen LogP contribution in [0.15, 0.2) is 40.1 Å². The third-order valence-electron chi connectivity index (χ3n) is 2.62. The topological polar surface area (TPSA) is 50.4 Å². The van der Waals surface area contributed by atoms with Gasteiger partial charge in [-0.05, 0) is 31.0 Å². The molecule has 0 spiro atoms. The zero-order chi connectivity index (χ0) is 11.7. The van der Waals surface area contributed by atoms with Crippen molar-refractivity contribution < 1.29 is 9.52 Å². The van der Waals surface area contributed by atoms with E-state index in [2.05, 4.69) is 6.58 Å². The Hall–Kier alpha value is -2.03. The maximum atomic E-state index is 11.7. The second kappa shape index (κ2) is 3.85. The number of rotatable bonds is 2. The highest BCUT2D eigenvalue weighted by atomic mass is 16.4. The number of allylic oxidation sites excluding steroid dienone is 1. The average Bonchev–Trinajstić information content (AvgIpc) is 2.23. The van der Waals surface area contributed by atoms with E-state index in [4.69, 9.17) is 4.42 Å². The third-order valence-corrected chi connectivity index (χ3v) is 2.62. The zero-order valence-corrected chi connectivity index (χ0v) is 8.99. The first kappa shape index (κ1) is 10.5. The van der Waals surface area contributed by atoms with Crippen LogP contribution in [0, 0.1) is 6.92 Å². The molecule has 0 saturated carbocycles. The van der Waals surface area contributed by atoms with E-state index in [1.165, 1.54) is 6.07 Å². The molecule has 0 bridgehead atoms. The van der Waals surface area contributed by atoms with Crippen LogP contribution < -0.4 is 5.63 Å². The van der Waals surface area contributed by atoms with Crippen LogP contribution in [0.4, 0.5) is 0 Å². The van der Waals surface area contributed by atoms with Crippen molar-refractivity contribution in [3.05, 3.63) is 52.4 Å². The SMILES string of the molecule is C=CCc1c(C)c2ccc(O)cc2oc1=O. The first-order valence-corrected chi connectivity index (χ1v) is 4.99. The Morgan fingerprint density at radius 3 is 2.94 bits per heavy atom. The Kier molecular flexibility index (Phi) is 2.52. The first-order valence-electron chi connectivity index (χ1n) is 4.99. The van der Waals surface area contributed by atoms with E-state index in [1.54, 1.807) is 18.2 Å². The summed E-state index contributed by atoms with van der Waals surface area (Å²) in [5, 5.41) is 10.1. The van der Waals surface area contributed by atoms with Crippen LogP contribution in [-0.4, -0.2) is 5.11 Å². The van der Waals surface area contributed by atoms with Gasteiger partial charge in [-0.25, -0.2) is 4.79 Å². The largest absolute Gasteiger partial charge is 0.508 e.